The summed E-state index contributed by atoms with van der Waals surface area (Å²) in [6, 6.07) is 5.57. The van der Waals surface area contributed by atoms with Gasteiger partial charge in [0.15, 0.2) is 0 Å². The van der Waals surface area contributed by atoms with E-state index in [1.807, 2.05) is 32.9 Å². The molecular formula is C16H21ClN2O2. The molecule has 1 aliphatic rings. The summed E-state index contributed by atoms with van der Waals surface area (Å²) in [6.45, 7) is 6.15. The number of anilines is 1. The number of carbonyl (C=O) groups excluding carboxylic acids is 2. The van der Waals surface area contributed by atoms with Crippen LogP contribution >= 0.6 is 11.6 Å². The number of nitrogens with one attached hydrogen (secondary N) is 1. The predicted molar refractivity (Wildman–Crippen MR) is 84.6 cm³/mol. The van der Waals surface area contributed by atoms with Crippen molar-refractivity contribution in [3.05, 3.63) is 28.8 Å². The Morgan fingerprint density at radius 3 is 2.52 bits per heavy atom. The molecule has 4 nitrogen and oxygen atoms in total. The Kier molecular flexibility index (Phi) is 4.57. The molecule has 1 fully saturated rings. The minimum Gasteiger partial charge on any atom is -0.342 e. The van der Waals surface area contributed by atoms with Crippen LogP contribution in [0.15, 0.2) is 18.2 Å². The average molecular weight is 309 g/mol. The third-order valence-corrected chi connectivity index (χ3v) is 4.68. The number of benzene rings is 1. The minimum atomic E-state index is -0.815. The molecule has 1 N–H and O–H groups in total. The quantitative estimate of drug-likeness (QED) is 0.933. The Labute approximate surface area is 130 Å². The van der Waals surface area contributed by atoms with Crippen molar-refractivity contribution >= 4 is 29.1 Å². The van der Waals surface area contributed by atoms with E-state index >= 15 is 0 Å². The molecule has 0 aliphatic carbocycles. The summed E-state index contributed by atoms with van der Waals surface area (Å²) in [5.74, 6) is -0.133. The molecule has 2 rings (SSSR count). The molecule has 1 heterocycles. The van der Waals surface area contributed by atoms with Gasteiger partial charge in [-0.2, -0.15) is 0 Å². The lowest BCUT2D eigenvalue weighted by atomic mass is 9.91. The van der Waals surface area contributed by atoms with Crippen LogP contribution in [0.4, 0.5) is 5.69 Å². The van der Waals surface area contributed by atoms with Gasteiger partial charge in [0.1, 0.15) is 5.54 Å². The Morgan fingerprint density at radius 2 is 1.95 bits per heavy atom. The SMILES string of the molecule is CCC1(CC)NC(=O)CCN(c2ccc(C)c(Cl)c2)C1=O. The van der Waals surface area contributed by atoms with E-state index in [1.165, 1.54) is 0 Å². The van der Waals surface area contributed by atoms with Crippen molar-refractivity contribution in [2.24, 2.45) is 0 Å². The molecule has 1 aromatic rings. The lowest BCUT2D eigenvalue weighted by Gasteiger charge is -2.33. The van der Waals surface area contributed by atoms with Crippen LogP contribution in [-0.4, -0.2) is 23.9 Å². The first-order valence-corrected chi connectivity index (χ1v) is 7.70. The van der Waals surface area contributed by atoms with Crippen LogP contribution in [0.5, 0.6) is 0 Å². The molecule has 0 spiro atoms. The molecular weight excluding hydrogens is 288 g/mol. The zero-order valence-corrected chi connectivity index (χ0v) is 13.5. The van der Waals surface area contributed by atoms with Crippen molar-refractivity contribution in [2.45, 2.75) is 45.6 Å². The molecule has 1 saturated heterocycles. The van der Waals surface area contributed by atoms with E-state index in [0.29, 0.717) is 30.8 Å². The number of carbonyl (C=O) groups is 2. The number of nitrogens with zero attached hydrogens (tertiary/aromatic N) is 1. The van der Waals surface area contributed by atoms with Crippen molar-refractivity contribution in [1.82, 2.24) is 5.32 Å². The van der Waals surface area contributed by atoms with Crippen LogP contribution in [0.3, 0.4) is 0 Å². The second-order valence-corrected chi connectivity index (χ2v) is 5.88. The Morgan fingerprint density at radius 1 is 1.29 bits per heavy atom. The summed E-state index contributed by atoms with van der Waals surface area (Å²) in [4.78, 5) is 26.6. The van der Waals surface area contributed by atoms with Crippen LogP contribution in [-0.2, 0) is 9.59 Å². The summed E-state index contributed by atoms with van der Waals surface area (Å²) in [6.07, 6.45) is 1.45. The zero-order valence-electron chi connectivity index (χ0n) is 12.7. The van der Waals surface area contributed by atoms with Crippen molar-refractivity contribution in [1.29, 1.82) is 0 Å². The van der Waals surface area contributed by atoms with E-state index in [4.69, 9.17) is 11.6 Å². The molecule has 0 saturated carbocycles. The normalized spacial score (nSPS) is 18.4. The van der Waals surface area contributed by atoms with Gasteiger partial charge in [-0.3, -0.25) is 9.59 Å². The standard InChI is InChI=1S/C16H21ClN2O2/c1-4-16(5-2)15(21)19(9-8-14(20)18-16)12-7-6-11(3)13(17)10-12/h6-7,10H,4-5,8-9H2,1-3H3,(H,18,20). The van der Waals surface area contributed by atoms with Crippen LogP contribution < -0.4 is 10.2 Å². The topological polar surface area (TPSA) is 49.4 Å². The van der Waals surface area contributed by atoms with Gasteiger partial charge in [-0.1, -0.05) is 31.5 Å². The predicted octanol–water partition coefficient (Wildman–Crippen LogP) is 3.06. The van der Waals surface area contributed by atoms with E-state index in [9.17, 15) is 9.59 Å². The monoisotopic (exact) mass is 308 g/mol. The Bertz CT molecular complexity index is 567. The van der Waals surface area contributed by atoms with Gasteiger partial charge < -0.3 is 10.2 Å². The summed E-state index contributed by atoms with van der Waals surface area (Å²) >= 11 is 6.17. The first kappa shape index (κ1) is 15.8. The number of amides is 2. The van der Waals surface area contributed by atoms with E-state index in [1.54, 1.807) is 11.0 Å². The molecule has 21 heavy (non-hydrogen) atoms. The summed E-state index contributed by atoms with van der Waals surface area (Å²) in [5, 5.41) is 3.53. The van der Waals surface area contributed by atoms with Crippen molar-refractivity contribution in [2.75, 3.05) is 11.4 Å². The number of rotatable bonds is 3. The molecule has 1 aromatic carbocycles. The lowest BCUT2D eigenvalue weighted by molar-refractivity contribution is -0.130. The second-order valence-electron chi connectivity index (χ2n) is 5.48. The van der Waals surface area contributed by atoms with Gasteiger partial charge in [0.2, 0.25) is 5.91 Å². The maximum atomic E-state index is 12.9. The summed E-state index contributed by atoms with van der Waals surface area (Å²) < 4.78 is 0. The fraction of sp³-hybridized carbons (Fsp3) is 0.500. The number of hydrogen-bond acceptors (Lipinski definition) is 2. The smallest absolute Gasteiger partial charge is 0.252 e. The van der Waals surface area contributed by atoms with Crippen molar-refractivity contribution in [3.63, 3.8) is 0 Å². The van der Waals surface area contributed by atoms with E-state index in [-0.39, 0.29) is 11.8 Å². The van der Waals surface area contributed by atoms with Crippen molar-refractivity contribution < 1.29 is 9.59 Å². The molecule has 5 heteroatoms. The Hall–Kier alpha value is -1.55. The maximum absolute atomic E-state index is 12.9. The van der Waals surface area contributed by atoms with E-state index in [2.05, 4.69) is 5.32 Å². The first-order valence-electron chi connectivity index (χ1n) is 7.32. The molecule has 0 aromatic heterocycles. The molecule has 0 unspecified atom stereocenters. The highest BCUT2D eigenvalue weighted by atomic mass is 35.5. The van der Waals surface area contributed by atoms with Gasteiger partial charge in [0.05, 0.1) is 0 Å². The highest BCUT2D eigenvalue weighted by molar-refractivity contribution is 6.31. The number of hydrogen-bond donors (Lipinski definition) is 1. The second kappa shape index (κ2) is 6.06. The molecule has 0 atom stereocenters. The van der Waals surface area contributed by atoms with Gasteiger partial charge in [-0.05, 0) is 37.5 Å². The molecule has 2 amide bonds. The van der Waals surface area contributed by atoms with Gasteiger partial charge in [0.25, 0.3) is 5.91 Å². The maximum Gasteiger partial charge on any atom is 0.252 e. The number of aryl methyl sites for hydroxylation is 1. The molecule has 1 aliphatic heterocycles. The molecule has 0 bridgehead atoms. The van der Waals surface area contributed by atoms with Crippen LogP contribution in [0.25, 0.3) is 0 Å². The molecule has 114 valence electrons. The fourth-order valence-corrected chi connectivity index (χ4v) is 2.86. The van der Waals surface area contributed by atoms with E-state index in [0.717, 1.165) is 11.3 Å². The van der Waals surface area contributed by atoms with Gasteiger partial charge in [-0.25, -0.2) is 0 Å². The van der Waals surface area contributed by atoms with Crippen molar-refractivity contribution in [3.8, 4) is 0 Å². The van der Waals surface area contributed by atoms with Gasteiger partial charge >= 0.3 is 0 Å². The van der Waals surface area contributed by atoms with E-state index < -0.39 is 5.54 Å². The summed E-state index contributed by atoms with van der Waals surface area (Å²) in [5.41, 5.74) is 0.901. The fourth-order valence-electron chi connectivity index (χ4n) is 2.68. The average Bonchev–Trinajstić information content (AvgIpc) is 2.60. The van der Waals surface area contributed by atoms with Crippen LogP contribution in [0.1, 0.15) is 38.7 Å². The zero-order chi connectivity index (χ0) is 15.6. The first-order chi connectivity index (χ1) is 9.93. The highest BCUT2D eigenvalue weighted by Gasteiger charge is 2.42. The number of halogens is 1. The minimum absolute atomic E-state index is 0.0572. The summed E-state index contributed by atoms with van der Waals surface area (Å²) in [7, 11) is 0. The third kappa shape index (κ3) is 2.91. The van der Waals surface area contributed by atoms with Gasteiger partial charge in [0, 0.05) is 23.7 Å². The molecule has 0 radical (unpaired) electrons. The van der Waals surface area contributed by atoms with Crippen LogP contribution in [0, 0.1) is 6.92 Å². The third-order valence-electron chi connectivity index (χ3n) is 4.27. The lowest BCUT2D eigenvalue weighted by Crippen LogP contribution is -2.56. The largest absolute Gasteiger partial charge is 0.342 e. The van der Waals surface area contributed by atoms with Gasteiger partial charge in [-0.15, -0.1) is 0 Å². The Balaban J connectivity index is 2.44. The van der Waals surface area contributed by atoms with Crippen LogP contribution in [0.2, 0.25) is 5.02 Å². The highest BCUT2D eigenvalue weighted by Crippen LogP contribution is 2.29.